The lowest BCUT2D eigenvalue weighted by Gasteiger charge is -2.40. The lowest BCUT2D eigenvalue weighted by atomic mass is 9.73. The average molecular weight is 851 g/mol. The number of amides is 5. The van der Waals surface area contributed by atoms with Gasteiger partial charge in [0.15, 0.2) is 0 Å². The summed E-state index contributed by atoms with van der Waals surface area (Å²) in [5.41, 5.74) is -3.12. The second-order valence-electron chi connectivity index (χ2n) is 21.5. The molecule has 13 nitrogen and oxygen atoms in total. The Balaban J connectivity index is 1.26. The predicted octanol–water partition coefficient (Wildman–Crippen LogP) is 4.82. The number of nitrogens with one attached hydrogen (secondary N) is 4. The number of fused-ring (bicyclic) bond motifs is 1. The molecule has 3 aliphatic carbocycles. The summed E-state index contributed by atoms with van der Waals surface area (Å²) < 4.78 is 28.6. The topological polar surface area (TPSA) is 174 Å². The van der Waals surface area contributed by atoms with E-state index in [1.54, 1.807) is 41.3 Å². The zero-order valence-electron chi connectivity index (χ0n) is 37.6. The molecule has 2 spiro atoms. The Labute approximate surface area is 358 Å². The number of hydrogen-bond donors (Lipinski definition) is 4. The molecule has 3 saturated carbocycles. The second kappa shape index (κ2) is 15.8. The van der Waals surface area contributed by atoms with Crippen molar-refractivity contribution in [3.63, 3.8) is 0 Å². The first-order valence-corrected chi connectivity index (χ1v) is 23.6. The van der Waals surface area contributed by atoms with Gasteiger partial charge in [-0.3, -0.25) is 33.6 Å². The number of rotatable bonds is 13. The van der Waals surface area contributed by atoms with Crippen molar-refractivity contribution in [3.8, 4) is 0 Å². The maximum Gasteiger partial charge on any atom is 0.259 e. The fraction of sp³-hybridized carbons (Fsp3) is 0.717. The van der Waals surface area contributed by atoms with Crippen LogP contribution in [0.3, 0.4) is 0 Å². The summed E-state index contributed by atoms with van der Waals surface area (Å²) in [6, 6.07) is 5.31. The Morgan fingerprint density at radius 1 is 0.850 bits per heavy atom. The van der Waals surface area contributed by atoms with E-state index in [1.165, 1.54) is 0 Å². The zero-order chi connectivity index (χ0) is 44.4. The molecule has 2 aliphatic heterocycles. The van der Waals surface area contributed by atoms with Crippen LogP contribution >= 0.6 is 0 Å². The minimum absolute atomic E-state index is 0.0392. The minimum atomic E-state index is -4.12. The fourth-order valence-corrected chi connectivity index (χ4v) is 12.4. The molecule has 60 heavy (non-hydrogen) atoms. The normalized spacial score (nSPS) is 29.2. The van der Waals surface area contributed by atoms with Gasteiger partial charge in [-0.05, 0) is 86.1 Å². The van der Waals surface area contributed by atoms with Gasteiger partial charge < -0.3 is 20.9 Å². The van der Waals surface area contributed by atoms with Gasteiger partial charge >= 0.3 is 0 Å². The fourth-order valence-electron chi connectivity index (χ4n) is 11.3. The van der Waals surface area contributed by atoms with E-state index >= 15 is 4.79 Å². The van der Waals surface area contributed by atoms with E-state index in [0.29, 0.717) is 24.9 Å². The van der Waals surface area contributed by atoms with E-state index < -0.39 is 79.8 Å². The highest BCUT2D eigenvalue weighted by Gasteiger charge is 2.85. The molecule has 0 bridgehead atoms. The number of nitrogens with zero attached hydrogens (tertiary/aromatic N) is 2. The largest absolute Gasteiger partial charge is 0.342 e. The van der Waals surface area contributed by atoms with Crippen LogP contribution in [0, 0.1) is 33.0 Å². The molecule has 0 unspecified atom stereocenters. The lowest BCUT2D eigenvalue weighted by molar-refractivity contribution is -0.145. The molecule has 1 aromatic rings. The number of sulfonamides is 1. The number of carbonyl (C=O) groups excluding carboxylic acids is 5. The van der Waals surface area contributed by atoms with E-state index in [4.69, 9.17) is 0 Å². The van der Waals surface area contributed by atoms with Gasteiger partial charge in [0.25, 0.3) is 5.91 Å². The third kappa shape index (κ3) is 8.04. The summed E-state index contributed by atoms with van der Waals surface area (Å²) in [7, 11) is -4.12. The Hall–Kier alpha value is -3.78. The smallest absolute Gasteiger partial charge is 0.259 e. The highest BCUT2D eigenvalue weighted by Crippen LogP contribution is 2.88. The molecular weight excluding hydrogens is 781 g/mol. The standard InChI is InChI=1S/C46H70N6O7S/c1-12-31-25-46(31,40(57)50-60(58,59)27-30-19-14-13-15-20-30)49-37(54)33-26-45(43(10,11)44(45)22-18-23-44)28-52(33)39(56)35(42(7,8)9)48-38(55)34(41(4,5)6)47-36(53)32-21-16-17-24-51(32)29(2)3/h12-15,19-20,29,31-35H,1,16-18,21-28H2,2-11H3,(H,47,53)(H,48,55)(H,49,54)(H,50,57)/t31-,32+,33+,34-,35-,45-,46-/m1/s1. The van der Waals surface area contributed by atoms with Gasteiger partial charge in [0.05, 0.1) is 11.8 Å². The predicted molar refractivity (Wildman–Crippen MR) is 231 cm³/mol. The quantitative estimate of drug-likeness (QED) is 0.205. The van der Waals surface area contributed by atoms with E-state index in [0.717, 1.165) is 38.6 Å². The summed E-state index contributed by atoms with van der Waals surface area (Å²) >= 11 is 0. The molecule has 5 amide bonds. The first kappa shape index (κ1) is 45.7. The van der Waals surface area contributed by atoms with Crippen molar-refractivity contribution >= 4 is 39.6 Å². The molecule has 6 rings (SSSR count). The summed E-state index contributed by atoms with van der Waals surface area (Å²) in [6.07, 6.45) is 7.75. The van der Waals surface area contributed by atoms with Gasteiger partial charge in [-0.25, -0.2) is 8.42 Å². The highest BCUT2D eigenvalue weighted by atomic mass is 32.2. The van der Waals surface area contributed by atoms with Crippen molar-refractivity contribution in [2.45, 2.75) is 162 Å². The number of benzene rings is 1. The number of piperidine rings is 1. The number of likely N-dealkylation sites (tertiary alicyclic amines) is 2. The molecule has 332 valence electrons. The van der Waals surface area contributed by atoms with Gasteiger partial charge in [-0.1, -0.05) is 105 Å². The van der Waals surface area contributed by atoms with Crippen molar-refractivity contribution in [1.82, 2.24) is 30.5 Å². The van der Waals surface area contributed by atoms with Crippen molar-refractivity contribution in [3.05, 3.63) is 48.6 Å². The van der Waals surface area contributed by atoms with Gasteiger partial charge in [0, 0.05) is 23.9 Å². The van der Waals surface area contributed by atoms with Crippen LogP contribution in [0.2, 0.25) is 0 Å². The van der Waals surface area contributed by atoms with Crippen molar-refractivity contribution < 1.29 is 32.4 Å². The summed E-state index contributed by atoms with van der Waals surface area (Å²) in [4.78, 5) is 76.0. The molecule has 4 N–H and O–H groups in total. The van der Waals surface area contributed by atoms with Crippen LogP contribution in [0.4, 0.5) is 0 Å². The maximum atomic E-state index is 15.2. The summed E-state index contributed by atoms with van der Waals surface area (Å²) in [6.45, 7) is 24.8. The van der Waals surface area contributed by atoms with Crippen LogP contribution in [0.15, 0.2) is 43.0 Å². The van der Waals surface area contributed by atoms with Crippen molar-refractivity contribution in [2.24, 2.45) is 33.0 Å². The second-order valence-corrected chi connectivity index (χ2v) is 23.2. The van der Waals surface area contributed by atoms with Gasteiger partial charge in [0.2, 0.25) is 33.7 Å². The SMILES string of the molecule is C=C[C@@H]1C[C@]1(NC(=O)[C@@H]1C[C@@]2(CN1C(=O)[C@@H](NC(=O)[C@@H](NC(=O)[C@@H]1CCCCN1C(C)C)C(C)(C)C)C(C)(C)C)C(C)(C)C21CCC1)C(=O)NS(=O)(=O)Cc1ccccc1. The molecule has 7 atom stereocenters. The van der Waals surface area contributed by atoms with Gasteiger partial charge in [-0.2, -0.15) is 0 Å². The molecular formula is C46H70N6O7S. The number of carbonyl (C=O) groups is 5. The van der Waals surface area contributed by atoms with Gasteiger partial charge in [-0.15, -0.1) is 6.58 Å². The van der Waals surface area contributed by atoms with Crippen LogP contribution in [0.25, 0.3) is 0 Å². The van der Waals surface area contributed by atoms with Crippen LogP contribution < -0.4 is 20.7 Å². The average Bonchev–Trinajstić information content (AvgIpc) is 3.86. The van der Waals surface area contributed by atoms with Crippen LogP contribution in [-0.2, 0) is 39.7 Å². The Bertz CT molecular complexity index is 1980. The van der Waals surface area contributed by atoms with E-state index in [9.17, 15) is 27.6 Å². The van der Waals surface area contributed by atoms with Gasteiger partial charge in [0.1, 0.15) is 23.7 Å². The zero-order valence-corrected chi connectivity index (χ0v) is 38.4. The van der Waals surface area contributed by atoms with E-state index in [2.05, 4.69) is 59.8 Å². The van der Waals surface area contributed by atoms with Crippen molar-refractivity contribution in [1.29, 1.82) is 0 Å². The molecule has 5 aliphatic rings. The van der Waals surface area contributed by atoms with E-state index in [1.807, 2.05) is 41.5 Å². The molecule has 1 aromatic carbocycles. The molecule has 0 radical (unpaired) electrons. The molecule has 0 aromatic heterocycles. The Morgan fingerprint density at radius 3 is 2.00 bits per heavy atom. The number of hydrogen-bond acceptors (Lipinski definition) is 8. The highest BCUT2D eigenvalue weighted by molar-refractivity contribution is 7.89. The minimum Gasteiger partial charge on any atom is -0.342 e. The van der Waals surface area contributed by atoms with E-state index in [-0.39, 0.29) is 40.7 Å². The molecule has 2 saturated heterocycles. The van der Waals surface area contributed by atoms with Crippen LogP contribution in [-0.4, -0.2) is 96.6 Å². The maximum absolute atomic E-state index is 15.2. The molecule has 2 heterocycles. The Morgan fingerprint density at radius 2 is 1.48 bits per heavy atom. The third-order valence-corrected chi connectivity index (χ3v) is 16.4. The van der Waals surface area contributed by atoms with Crippen LogP contribution in [0.5, 0.6) is 0 Å². The molecule has 5 fully saturated rings. The van der Waals surface area contributed by atoms with Crippen molar-refractivity contribution in [2.75, 3.05) is 13.1 Å². The lowest BCUT2D eigenvalue weighted by Crippen LogP contribution is -2.64. The summed E-state index contributed by atoms with van der Waals surface area (Å²) in [5, 5.41) is 9.08. The Kier molecular flexibility index (Phi) is 12.1. The first-order valence-electron chi connectivity index (χ1n) is 22.0. The third-order valence-electron chi connectivity index (χ3n) is 15.2. The molecule has 14 heteroatoms. The summed E-state index contributed by atoms with van der Waals surface area (Å²) in [5.74, 6) is -3.42. The first-order chi connectivity index (χ1) is 27.8. The van der Waals surface area contributed by atoms with Crippen LogP contribution in [0.1, 0.15) is 126 Å². The monoisotopic (exact) mass is 851 g/mol.